The van der Waals surface area contributed by atoms with Gasteiger partial charge in [0.15, 0.2) is 0 Å². The van der Waals surface area contributed by atoms with Crippen molar-refractivity contribution >= 4 is 17.3 Å². The van der Waals surface area contributed by atoms with Gasteiger partial charge in [-0.15, -0.1) is 0 Å². The van der Waals surface area contributed by atoms with Crippen molar-refractivity contribution in [2.45, 2.75) is 37.8 Å². The van der Waals surface area contributed by atoms with Crippen molar-refractivity contribution in [2.75, 3.05) is 13.1 Å². The van der Waals surface area contributed by atoms with Crippen molar-refractivity contribution in [3.63, 3.8) is 0 Å². The molecule has 1 aliphatic carbocycles. The fourth-order valence-electron chi connectivity index (χ4n) is 3.35. The molecule has 3 heterocycles. The number of rotatable bonds is 5. The molecule has 5 heteroatoms. The lowest BCUT2D eigenvalue weighted by Crippen LogP contribution is -2.37. The lowest BCUT2D eigenvalue weighted by Gasteiger charge is -2.31. The minimum absolute atomic E-state index is 0.00462. The quantitative estimate of drug-likeness (QED) is 0.784. The summed E-state index contributed by atoms with van der Waals surface area (Å²) in [5, 5.41) is 4.32. The third kappa shape index (κ3) is 3.51. The molecule has 4 nitrogen and oxygen atoms in total. The maximum Gasteiger partial charge on any atom is 0.309 e. The van der Waals surface area contributed by atoms with Crippen LogP contribution in [0, 0.1) is 5.92 Å². The smallest absolute Gasteiger partial charge is 0.309 e. The van der Waals surface area contributed by atoms with Crippen LogP contribution in [0.2, 0.25) is 0 Å². The van der Waals surface area contributed by atoms with Gasteiger partial charge < -0.3 is 9.15 Å². The Morgan fingerprint density at radius 3 is 2.91 bits per heavy atom. The van der Waals surface area contributed by atoms with Crippen LogP contribution in [0.4, 0.5) is 0 Å². The van der Waals surface area contributed by atoms with Crippen LogP contribution in [0.3, 0.4) is 0 Å². The van der Waals surface area contributed by atoms with Gasteiger partial charge in [-0.1, -0.05) is 0 Å². The van der Waals surface area contributed by atoms with Crippen molar-refractivity contribution in [1.82, 2.24) is 4.90 Å². The van der Waals surface area contributed by atoms with Crippen LogP contribution in [0.25, 0.3) is 0 Å². The second-order valence-corrected chi connectivity index (χ2v) is 7.29. The molecule has 0 aromatic carbocycles. The molecule has 2 fully saturated rings. The normalized spacial score (nSPS) is 25.4. The lowest BCUT2D eigenvalue weighted by molar-refractivity contribution is -0.153. The largest absolute Gasteiger partial charge is 0.469 e. The standard InChI is InChI=1S/C18H21NO3S/c20-18(16-10-15(16)17-2-1-8-21-17)22-14-3-6-19(7-4-14)11-13-5-9-23-12-13/h1-2,5,8-9,12,14-16H,3-4,6-7,10-11H2/t15-,16-/m0/s1. The Bertz CT molecular complexity index is 629. The van der Waals surface area contributed by atoms with Crippen LogP contribution in [0.5, 0.6) is 0 Å². The lowest BCUT2D eigenvalue weighted by atomic mass is 10.1. The Labute approximate surface area is 140 Å². The second kappa shape index (κ2) is 6.49. The van der Waals surface area contributed by atoms with Crippen LogP contribution >= 0.6 is 11.3 Å². The molecule has 0 unspecified atom stereocenters. The highest BCUT2D eigenvalue weighted by molar-refractivity contribution is 7.07. The molecule has 0 bridgehead atoms. The molecule has 2 aromatic rings. The van der Waals surface area contributed by atoms with E-state index in [2.05, 4.69) is 21.7 Å². The molecule has 4 rings (SSSR count). The van der Waals surface area contributed by atoms with Gasteiger partial charge in [-0.2, -0.15) is 11.3 Å². The fraction of sp³-hybridized carbons (Fsp3) is 0.500. The molecule has 0 N–H and O–H groups in total. The Hall–Kier alpha value is -1.59. The first kappa shape index (κ1) is 15.0. The summed E-state index contributed by atoms with van der Waals surface area (Å²) in [4.78, 5) is 14.7. The number of piperidine rings is 1. The molecule has 1 saturated carbocycles. The number of carbonyl (C=O) groups is 1. The topological polar surface area (TPSA) is 42.7 Å². The van der Waals surface area contributed by atoms with Gasteiger partial charge in [-0.3, -0.25) is 9.69 Å². The third-order valence-electron chi connectivity index (χ3n) is 4.81. The Morgan fingerprint density at radius 2 is 2.22 bits per heavy atom. The van der Waals surface area contributed by atoms with Gasteiger partial charge in [0.05, 0.1) is 12.2 Å². The third-order valence-corrected chi connectivity index (χ3v) is 5.54. The van der Waals surface area contributed by atoms with Crippen molar-refractivity contribution in [2.24, 2.45) is 5.92 Å². The van der Waals surface area contributed by atoms with Crippen LogP contribution in [-0.2, 0) is 16.1 Å². The summed E-state index contributed by atoms with van der Waals surface area (Å²) in [6.45, 7) is 3.01. The van der Waals surface area contributed by atoms with E-state index in [0.717, 1.165) is 44.7 Å². The van der Waals surface area contributed by atoms with Gasteiger partial charge in [0.2, 0.25) is 0 Å². The summed E-state index contributed by atoms with van der Waals surface area (Å²) in [7, 11) is 0. The summed E-state index contributed by atoms with van der Waals surface area (Å²) < 4.78 is 11.1. The zero-order valence-corrected chi connectivity index (χ0v) is 13.8. The van der Waals surface area contributed by atoms with Gasteiger partial charge >= 0.3 is 5.97 Å². The molecule has 0 radical (unpaired) electrons. The zero-order valence-electron chi connectivity index (χ0n) is 13.0. The maximum absolute atomic E-state index is 12.2. The highest BCUT2D eigenvalue weighted by Crippen LogP contribution is 2.48. The number of hydrogen-bond donors (Lipinski definition) is 0. The Morgan fingerprint density at radius 1 is 1.35 bits per heavy atom. The number of hydrogen-bond acceptors (Lipinski definition) is 5. The summed E-state index contributed by atoms with van der Waals surface area (Å²) >= 11 is 1.74. The van der Waals surface area contributed by atoms with Crippen LogP contribution in [0.1, 0.15) is 36.5 Å². The van der Waals surface area contributed by atoms with Crippen molar-refractivity contribution < 1.29 is 13.9 Å². The molecule has 0 amide bonds. The number of carbonyl (C=O) groups excluding carboxylic acids is 1. The summed E-state index contributed by atoms with van der Waals surface area (Å²) in [6.07, 6.45) is 4.49. The average molecular weight is 331 g/mol. The molecule has 23 heavy (non-hydrogen) atoms. The summed E-state index contributed by atoms with van der Waals surface area (Å²) in [5.41, 5.74) is 1.38. The van der Waals surface area contributed by atoms with E-state index in [9.17, 15) is 4.79 Å². The van der Waals surface area contributed by atoms with Gasteiger partial charge in [0, 0.05) is 25.6 Å². The summed E-state index contributed by atoms with van der Waals surface area (Å²) in [6, 6.07) is 6.00. The highest BCUT2D eigenvalue weighted by Gasteiger charge is 2.47. The predicted octanol–water partition coefficient (Wildman–Crippen LogP) is 3.65. The molecular weight excluding hydrogens is 310 g/mol. The predicted molar refractivity (Wildman–Crippen MR) is 88.3 cm³/mol. The van der Waals surface area contributed by atoms with Crippen molar-refractivity contribution in [3.05, 3.63) is 46.5 Å². The molecule has 2 aliphatic rings. The van der Waals surface area contributed by atoms with Gasteiger partial charge in [0.1, 0.15) is 11.9 Å². The molecule has 1 saturated heterocycles. The number of furan rings is 1. The van der Waals surface area contributed by atoms with Crippen LogP contribution in [-0.4, -0.2) is 30.1 Å². The van der Waals surface area contributed by atoms with Crippen LogP contribution in [0.15, 0.2) is 39.6 Å². The van der Waals surface area contributed by atoms with E-state index in [1.54, 1.807) is 17.6 Å². The minimum Gasteiger partial charge on any atom is -0.469 e. The fourth-order valence-corrected chi connectivity index (χ4v) is 4.01. The minimum atomic E-state index is -0.0392. The summed E-state index contributed by atoms with van der Waals surface area (Å²) in [5.74, 6) is 1.11. The zero-order chi connectivity index (χ0) is 15.6. The highest BCUT2D eigenvalue weighted by atomic mass is 32.1. The average Bonchev–Trinajstić information content (AvgIpc) is 2.97. The van der Waals surface area contributed by atoms with Gasteiger partial charge in [-0.05, 0) is 53.8 Å². The number of nitrogens with zero attached hydrogens (tertiary/aromatic N) is 1. The number of likely N-dealkylation sites (tertiary alicyclic amines) is 1. The molecule has 0 spiro atoms. The molecule has 1 aliphatic heterocycles. The Balaban J connectivity index is 1.22. The first-order valence-electron chi connectivity index (χ1n) is 8.27. The molecule has 122 valence electrons. The van der Waals surface area contributed by atoms with E-state index in [4.69, 9.17) is 9.15 Å². The van der Waals surface area contributed by atoms with E-state index in [-0.39, 0.29) is 23.9 Å². The first-order chi connectivity index (χ1) is 11.3. The SMILES string of the molecule is O=C(OC1CCN(Cc2ccsc2)CC1)[C@H]1C[C@@H]1c1ccco1. The molecule has 2 atom stereocenters. The van der Waals surface area contributed by atoms with Crippen molar-refractivity contribution in [1.29, 1.82) is 0 Å². The second-order valence-electron chi connectivity index (χ2n) is 6.51. The number of esters is 1. The van der Waals surface area contributed by atoms with E-state index in [1.165, 1.54) is 5.56 Å². The van der Waals surface area contributed by atoms with E-state index < -0.39 is 0 Å². The van der Waals surface area contributed by atoms with Crippen LogP contribution < -0.4 is 0 Å². The van der Waals surface area contributed by atoms with E-state index in [1.807, 2.05) is 12.1 Å². The van der Waals surface area contributed by atoms with Gasteiger partial charge in [-0.25, -0.2) is 0 Å². The van der Waals surface area contributed by atoms with Crippen molar-refractivity contribution in [3.8, 4) is 0 Å². The first-order valence-corrected chi connectivity index (χ1v) is 9.21. The monoisotopic (exact) mass is 331 g/mol. The molecule has 2 aromatic heterocycles. The van der Waals surface area contributed by atoms with Gasteiger partial charge in [0.25, 0.3) is 0 Å². The molecular formula is C18H21NO3S. The Kier molecular flexibility index (Phi) is 4.23. The van der Waals surface area contributed by atoms with E-state index >= 15 is 0 Å². The maximum atomic E-state index is 12.2. The number of thiophene rings is 1. The van der Waals surface area contributed by atoms with E-state index in [0.29, 0.717) is 0 Å². The number of ether oxygens (including phenoxy) is 1.